The number of anilines is 1. The van der Waals surface area contributed by atoms with Crippen molar-refractivity contribution in [3.8, 4) is 0 Å². The van der Waals surface area contributed by atoms with Crippen molar-refractivity contribution in [2.75, 3.05) is 11.6 Å². The van der Waals surface area contributed by atoms with Crippen molar-refractivity contribution in [3.63, 3.8) is 0 Å². The lowest BCUT2D eigenvalue weighted by Crippen LogP contribution is -2.11. The van der Waals surface area contributed by atoms with Crippen LogP contribution in [0.4, 0.5) is 14.6 Å². The minimum atomic E-state index is -3.62. The van der Waals surface area contributed by atoms with E-state index >= 15 is 0 Å². The van der Waals surface area contributed by atoms with E-state index in [4.69, 9.17) is 0 Å². The molecular weight excluding hydrogens is 354 g/mol. The van der Waals surface area contributed by atoms with Crippen molar-refractivity contribution in [2.45, 2.75) is 23.5 Å². The van der Waals surface area contributed by atoms with Gasteiger partial charge in [0.15, 0.2) is 23.0 Å². The van der Waals surface area contributed by atoms with Crippen LogP contribution in [0.5, 0.6) is 0 Å². The number of rotatable bonds is 4. The zero-order valence-corrected chi connectivity index (χ0v) is 13.7. The molecule has 130 valence electrons. The molecule has 0 aliphatic heterocycles. The number of halogens is 2. The van der Waals surface area contributed by atoms with Crippen LogP contribution in [0.15, 0.2) is 23.4 Å². The minimum Gasteiger partial charge on any atom is -0.365 e. The van der Waals surface area contributed by atoms with Gasteiger partial charge < -0.3 is 5.32 Å². The van der Waals surface area contributed by atoms with Crippen LogP contribution in [0.2, 0.25) is 0 Å². The summed E-state index contributed by atoms with van der Waals surface area (Å²) >= 11 is 0. The Morgan fingerprint density at radius 2 is 2.00 bits per heavy atom. The van der Waals surface area contributed by atoms with Gasteiger partial charge in [-0.3, -0.25) is 0 Å². The number of nitrogens with zero attached hydrogens (tertiary/aromatic N) is 4. The molecular formula is C14H12F2N6O2S. The SMILES string of the molecule is CS(=O)(=O)c1nc(N[C@@H]2C[C@H]2c2ccc(F)c(F)c2)c2n[nH]nc2n1. The molecule has 0 radical (unpaired) electrons. The van der Waals surface area contributed by atoms with Crippen molar-refractivity contribution in [1.82, 2.24) is 25.4 Å². The van der Waals surface area contributed by atoms with E-state index in [9.17, 15) is 17.2 Å². The molecule has 2 aromatic heterocycles. The number of aromatic nitrogens is 5. The summed E-state index contributed by atoms with van der Waals surface area (Å²) in [6.07, 6.45) is 1.67. The zero-order chi connectivity index (χ0) is 17.8. The van der Waals surface area contributed by atoms with Crippen molar-refractivity contribution in [3.05, 3.63) is 35.4 Å². The van der Waals surface area contributed by atoms with Gasteiger partial charge in [-0.1, -0.05) is 6.07 Å². The van der Waals surface area contributed by atoms with E-state index in [1.54, 1.807) is 0 Å². The topological polar surface area (TPSA) is 114 Å². The van der Waals surface area contributed by atoms with Crippen molar-refractivity contribution in [2.24, 2.45) is 0 Å². The summed E-state index contributed by atoms with van der Waals surface area (Å²) in [5.74, 6) is -1.60. The highest BCUT2D eigenvalue weighted by molar-refractivity contribution is 7.90. The Morgan fingerprint density at radius 3 is 2.72 bits per heavy atom. The number of hydrogen-bond donors (Lipinski definition) is 2. The van der Waals surface area contributed by atoms with Crippen molar-refractivity contribution in [1.29, 1.82) is 0 Å². The summed E-state index contributed by atoms with van der Waals surface area (Å²) in [6.45, 7) is 0. The number of hydrogen-bond acceptors (Lipinski definition) is 7. The number of H-pyrrole nitrogens is 1. The molecule has 0 amide bonds. The fourth-order valence-electron chi connectivity index (χ4n) is 2.63. The Bertz CT molecular complexity index is 1080. The van der Waals surface area contributed by atoms with E-state index in [0.29, 0.717) is 17.5 Å². The van der Waals surface area contributed by atoms with Gasteiger partial charge in [0.1, 0.15) is 0 Å². The van der Waals surface area contributed by atoms with Crippen LogP contribution in [0.3, 0.4) is 0 Å². The summed E-state index contributed by atoms with van der Waals surface area (Å²) in [5.41, 5.74) is 1.09. The summed E-state index contributed by atoms with van der Waals surface area (Å²) in [7, 11) is -3.62. The van der Waals surface area contributed by atoms with Gasteiger partial charge in [0, 0.05) is 18.2 Å². The van der Waals surface area contributed by atoms with Crippen LogP contribution in [0.1, 0.15) is 17.9 Å². The lowest BCUT2D eigenvalue weighted by atomic mass is 10.1. The first-order chi connectivity index (χ1) is 11.8. The van der Waals surface area contributed by atoms with E-state index in [-0.39, 0.29) is 28.6 Å². The molecule has 0 saturated heterocycles. The van der Waals surface area contributed by atoms with E-state index in [0.717, 1.165) is 18.4 Å². The van der Waals surface area contributed by atoms with Crippen LogP contribution in [0, 0.1) is 11.6 Å². The highest BCUT2D eigenvalue weighted by Crippen LogP contribution is 2.43. The van der Waals surface area contributed by atoms with Crippen LogP contribution in [0.25, 0.3) is 11.2 Å². The molecule has 1 aliphatic rings. The molecule has 11 heteroatoms. The molecule has 0 unspecified atom stereocenters. The van der Waals surface area contributed by atoms with Crippen LogP contribution >= 0.6 is 0 Å². The molecule has 25 heavy (non-hydrogen) atoms. The average molecular weight is 366 g/mol. The molecule has 1 saturated carbocycles. The standard InChI is InChI=1S/C14H12F2N6O2S/c1-25(23,24)14-18-12(11-13(19-14)21-22-20-11)17-10-5-7(10)6-2-3-8(15)9(16)4-6/h2-4,7,10H,5H2,1H3,(H2,17,18,19,20,21,22)/t7-,10+/m0/s1. The molecule has 3 aromatic rings. The maximum atomic E-state index is 13.4. The van der Waals surface area contributed by atoms with E-state index in [1.807, 2.05) is 0 Å². The molecule has 1 aliphatic carbocycles. The lowest BCUT2D eigenvalue weighted by molar-refractivity contribution is 0.507. The lowest BCUT2D eigenvalue weighted by Gasteiger charge is -2.07. The Balaban J connectivity index is 1.63. The predicted octanol–water partition coefficient (Wildman–Crippen LogP) is 1.40. The monoisotopic (exact) mass is 366 g/mol. The molecule has 2 heterocycles. The molecule has 4 rings (SSSR count). The second kappa shape index (κ2) is 5.41. The number of aromatic amines is 1. The number of fused-ring (bicyclic) bond motifs is 1. The van der Waals surface area contributed by atoms with Gasteiger partial charge in [-0.15, -0.1) is 5.10 Å². The summed E-state index contributed by atoms with van der Waals surface area (Å²) < 4.78 is 49.8. The van der Waals surface area contributed by atoms with Gasteiger partial charge in [0.2, 0.25) is 15.5 Å². The quantitative estimate of drug-likeness (QED) is 0.671. The van der Waals surface area contributed by atoms with Gasteiger partial charge in [-0.2, -0.15) is 20.3 Å². The molecule has 2 N–H and O–H groups in total. The largest absolute Gasteiger partial charge is 0.365 e. The average Bonchev–Trinajstić information content (AvgIpc) is 3.13. The highest BCUT2D eigenvalue weighted by atomic mass is 32.2. The maximum absolute atomic E-state index is 13.4. The first-order valence-corrected chi connectivity index (χ1v) is 9.22. The predicted molar refractivity (Wildman–Crippen MR) is 83.7 cm³/mol. The third kappa shape index (κ3) is 2.90. The number of nitrogens with one attached hydrogen (secondary N) is 2. The fourth-order valence-corrected chi connectivity index (χ4v) is 3.14. The van der Waals surface area contributed by atoms with Gasteiger partial charge >= 0.3 is 0 Å². The molecule has 8 nitrogen and oxygen atoms in total. The van der Waals surface area contributed by atoms with E-state index < -0.39 is 21.5 Å². The summed E-state index contributed by atoms with van der Waals surface area (Å²) in [4.78, 5) is 7.88. The van der Waals surface area contributed by atoms with Crippen LogP contribution in [-0.4, -0.2) is 46.1 Å². The van der Waals surface area contributed by atoms with Gasteiger partial charge in [0.05, 0.1) is 0 Å². The van der Waals surface area contributed by atoms with Crippen molar-refractivity contribution >= 4 is 26.8 Å². The minimum absolute atomic E-state index is 0.0336. The summed E-state index contributed by atoms with van der Waals surface area (Å²) in [5, 5.41) is 12.8. The fraction of sp³-hybridized carbons (Fsp3) is 0.286. The molecule has 0 spiro atoms. The Labute approximate surface area is 140 Å². The highest BCUT2D eigenvalue weighted by Gasteiger charge is 2.39. The van der Waals surface area contributed by atoms with Crippen molar-refractivity contribution < 1.29 is 17.2 Å². The molecule has 1 aromatic carbocycles. The second-order valence-corrected chi connectivity index (χ2v) is 7.80. The maximum Gasteiger partial charge on any atom is 0.250 e. The van der Waals surface area contributed by atoms with Crippen LogP contribution in [-0.2, 0) is 9.84 Å². The third-order valence-corrected chi connectivity index (χ3v) is 4.82. The summed E-state index contributed by atoms with van der Waals surface area (Å²) in [6, 6.07) is 3.67. The van der Waals surface area contributed by atoms with Gasteiger partial charge in [-0.25, -0.2) is 17.2 Å². The Morgan fingerprint density at radius 1 is 1.20 bits per heavy atom. The molecule has 1 fully saturated rings. The zero-order valence-electron chi connectivity index (χ0n) is 12.9. The number of sulfone groups is 1. The first kappa shape index (κ1) is 15.8. The number of benzene rings is 1. The Hall–Kier alpha value is -2.69. The Kier molecular flexibility index (Phi) is 3.42. The van der Waals surface area contributed by atoms with Crippen LogP contribution < -0.4 is 5.32 Å². The van der Waals surface area contributed by atoms with Gasteiger partial charge in [0.25, 0.3) is 5.16 Å². The van der Waals surface area contributed by atoms with Gasteiger partial charge in [-0.05, 0) is 24.1 Å². The molecule has 0 bridgehead atoms. The van der Waals surface area contributed by atoms with E-state index in [1.165, 1.54) is 6.07 Å². The third-order valence-electron chi connectivity index (χ3n) is 3.98. The second-order valence-electron chi connectivity index (χ2n) is 5.89. The molecule has 2 atom stereocenters. The smallest absolute Gasteiger partial charge is 0.250 e. The van der Waals surface area contributed by atoms with E-state index in [2.05, 4.69) is 30.7 Å². The normalized spacial score (nSPS) is 20.0. The first-order valence-electron chi connectivity index (χ1n) is 7.33.